The molecule has 1 aromatic carbocycles. The second-order valence-corrected chi connectivity index (χ2v) is 7.76. The molecule has 1 fully saturated rings. The van der Waals surface area contributed by atoms with Gasteiger partial charge in [0.15, 0.2) is 5.65 Å². The standard InChI is InChI=1S/C23H25N5O2/c1-3-30-23(29)17-15-16-9-10-20(27-12-6-11-26(2)13-14-27)25-21(16)28-19-8-5-4-7-18(19)24-22(17)28/h4-5,7-10,15H,3,6,11-14H2,1-2H3. The van der Waals surface area contributed by atoms with E-state index in [1.165, 1.54) is 0 Å². The highest BCUT2D eigenvalue weighted by molar-refractivity contribution is 6.03. The molecule has 0 spiro atoms. The Balaban J connectivity index is 1.74. The molecule has 0 saturated carbocycles. The zero-order chi connectivity index (χ0) is 20.7. The van der Waals surface area contributed by atoms with E-state index in [2.05, 4.69) is 16.8 Å². The molecule has 0 aliphatic carbocycles. The van der Waals surface area contributed by atoms with Crippen LogP contribution in [0.25, 0.3) is 27.7 Å². The quantitative estimate of drug-likeness (QED) is 0.489. The van der Waals surface area contributed by atoms with Crippen molar-refractivity contribution < 1.29 is 9.53 Å². The molecule has 0 N–H and O–H groups in total. The predicted molar refractivity (Wildman–Crippen MR) is 118 cm³/mol. The average Bonchev–Trinajstić information content (AvgIpc) is 3.01. The summed E-state index contributed by atoms with van der Waals surface area (Å²) in [7, 11) is 2.16. The van der Waals surface area contributed by atoms with Gasteiger partial charge in [0.05, 0.1) is 17.6 Å². The second-order valence-electron chi connectivity index (χ2n) is 7.76. The molecule has 7 nitrogen and oxygen atoms in total. The molecule has 154 valence electrons. The molecule has 0 unspecified atom stereocenters. The van der Waals surface area contributed by atoms with Crippen molar-refractivity contribution >= 4 is 39.5 Å². The maximum atomic E-state index is 12.7. The van der Waals surface area contributed by atoms with Crippen molar-refractivity contribution in [3.05, 3.63) is 48.0 Å². The SMILES string of the molecule is CCOC(=O)c1cc2ccc(N3CCCN(C)CC3)nc2n2c1nc1ccccc12. The number of anilines is 1. The number of aromatic nitrogens is 3. The summed E-state index contributed by atoms with van der Waals surface area (Å²) in [6, 6.07) is 13.8. The number of nitrogens with zero attached hydrogens (tertiary/aromatic N) is 5. The van der Waals surface area contributed by atoms with E-state index in [1.54, 1.807) is 0 Å². The van der Waals surface area contributed by atoms with Crippen LogP contribution in [0.3, 0.4) is 0 Å². The number of ether oxygens (including phenoxy) is 1. The Bertz CT molecular complexity index is 1250. The lowest BCUT2D eigenvalue weighted by Crippen LogP contribution is -2.29. The van der Waals surface area contributed by atoms with E-state index in [0.717, 1.165) is 60.5 Å². The monoisotopic (exact) mass is 403 g/mol. The molecule has 0 bridgehead atoms. The van der Waals surface area contributed by atoms with Gasteiger partial charge in [0, 0.05) is 25.0 Å². The molecule has 5 rings (SSSR count). The summed E-state index contributed by atoms with van der Waals surface area (Å²) in [5, 5.41) is 0.893. The summed E-state index contributed by atoms with van der Waals surface area (Å²) >= 11 is 0. The number of hydrogen-bond donors (Lipinski definition) is 0. The van der Waals surface area contributed by atoms with Gasteiger partial charge < -0.3 is 14.5 Å². The molecule has 30 heavy (non-hydrogen) atoms. The van der Waals surface area contributed by atoms with Crippen molar-refractivity contribution in [1.29, 1.82) is 0 Å². The number of hydrogen-bond acceptors (Lipinski definition) is 6. The number of benzene rings is 1. The summed E-state index contributed by atoms with van der Waals surface area (Å²) in [4.78, 5) is 27.1. The topological polar surface area (TPSA) is 63.0 Å². The number of para-hydroxylation sites is 2. The van der Waals surface area contributed by atoms with Crippen LogP contribution in [-0.4, -0.2) is 65.1 Å². The lowest BCUT2D eigenvalue weighted by molar-refractivity contribution is 0.0528. The summed E-state index contributed by atoms with van der Waals surface area (Å²) in [6.45, 7) is 6.18. The van der Waals surface area contributed by atoms with Crippen LogP contribution in [0.1, 0.15) is 23.7 Å². The van der Waals surface area contributed by atoms with Gasteiger partial charge in [0.2, 0.25) is 0 Å². The van der Waals surface area contributed by atoms with Crippen LogP contribution >= 0.6 is 0 Å². The van der Waals surface area contributed by atoms with Gasteiger partial charge >= 0.3 is 5.97 Å². The number of fused-ring (bicyclic) bond motifs is 5. The van der Waals surface area contributed by atoms with Gasteiger partial charge in [0.1, 0.15) is 17.0 Å². The minimum absolute atomic E-state index is 0.323. The summed E-state index contributed by atoms with van der Waals surface area (Å²) in [5.41, 5.74) is 3.62. The van der Waals surface area contributed by atoms with Crippen LogP contribution in [-0.2, 0) is 4.74 Å². The fourth-order valence-corrected chi connectivity index (χ4v) is 4.19. The largest absolute Gasteiger partial charge is 0.462 e. The number of imidazole rings is 1. The third kappa shape index (κ3) is 3.15. The maximum Gasteiger partial charge on any atom is 0.341 e. The molecule has 1 saturated heterocycles. The van der Waals surface area contributed by atoms with Crippen molar-refractivity contribution in [2.45, 2.75) is 13.3 Å². The highest BCUT2D eigenvalue weighted by Crippen LogP contribution is 2.28. The predicted octanol–water partition coefficient (Wildman–Crippen LogP) is 3.35. The molecule has 1 aliphatic heterocycles. The Hall–Kier alpha value is -3.19. The Morgan fingerprint density at radius 2 is 1.90 bits per heavy atom. The van der Waals surface area contributed by atoms with Crippen molar-refractivity contribution in [2.75, 3.05) is 44.7 Å². The van der Waals surface area contributed by atoms with Crippen molar-refractivity contribution in [1.82, 2.24) is 19.3 Å². The van der Waals surface area contributed by atoms with Gasteiger partial charge in [-0.05, 0) is 57.3 Å². The average molecular weight is 403 g/mol. The molecule has 3 aromatic heterocycles. The Kier molecular flexibility index (Phi) is 4.75. The highest BCUT2D eigenvalue weighted by atomic mass is 16.5. The van der Waals surface area contributed by atoms with Gasteiger partial charge in [0.25, 0.3) is 0 Å². The highest BCUT2D eigenvalue weighted by Gasteiger charge is 2.20. The number of likely N-dealkylation sites (N-methyl/N-ethyl adjacent to an activating group) is 1. The normalized spacial score (nSPS) is 15.7. The number of carbonyl (C=O) groups excluding carboxylic acids is 1. The summed E-state index contributed by atoms with van der Waals surface area (Å²) in [6.07, 6.45) is 1.11. The smallest absolute Gasteiger partial charge is 0.341 e. The lowest BCUT2D eigenvalue weighted by atomic mass is 10.2. The van der Waals surface area contributed by atoms with E-state index in [4.69, 9.17) is 14.7 Å². The molecule has 7 heteroatoms. The van der Waals surface area contributed by atoms with Crippen LogP contribution < -0.4 is 4.90 Å². The Morgan fingerprint density at radius 3 is 2.77 bits per heavy atom. The van der Waals surface area contributed by atoms with Crippen LogP contribution in [0.2, 0.25) is 0 Å². The van der Waals surface area contributed by atoms with E-state index in [1.807, 2.05) is 53.8 Å². The van der Waals surface area contributed by atoms with Crippen LogP contribution in [0, 0.1) is 0 Å². The summed E-state index contributed by atoms with van der Waals surface area (Å²) in [5.74, 6) is 0.597. The van der Waals surface area contributed by atoms with E-state index >= 15 is 0 Å². The molecule has 0 atom stereocenters. The molecule has 4 heterocycles. The zero-order valence-electron chi connectivity index (χ0n) is 17.3. The Morgan fingerprint density at radius 1 is 1.03 bits per heavy atom. The molecular weight excluding hydrogens is 378 g/mol. The van der Waals surface area contributed by atoms with Gasteiger partial charge in [-0.15, -0.1) is 0 Å². The first-order valence-electron chi connectivity index (χ1n) is 10.5. The molecule has 0 amide bonds. The van der Waals surface area contributed by atoms with E-state index < -0.39 is 0 Å². The van der Waals surface area contributed by atoms with Crippen LogP contribution in [0.15, 0.2) is 42.5 Å². The van der Waals surface area contributed by atoms with Crippen molar-refractivity contribution in [2.24, 2.45) is 0 Å². The summed E-state index contributed by atoms with van der Waals surface area (Å²) < 4.78 is 7.29. The first kappa shape index (κ1) is 18.8. The molecular formula is C23H25N5O2. The van der Waals surface area contributed by atoms with Crippen LogP contribution in [0.4, 0.5) is 5.82 Å². The number of rotatable bonds is 3. The fraction of sp³-hybridized carbons (Fsp3) is 0.348. The zero-order valence-corrected chi connectivity index (χ0v) is 17.3. The third-order valence-electron chi connectivity index (χ3n) is 5.74. The molecule has 1 aliphatic rings. The minimum Gasteiger partial charge on any atom is -0.462 e. The van der Waals surface area contributed by atoms with Crippen molar-refractivity contribution in [3.63, 3.8) is 0 Å². The lowest BCUT2D eigenvalue weighted by Gasteiger charge is -2.22. The van der Waals surface area contributed by atoms with E-state index in [9.17, 15) is 4.79 Å². The van der Waals surface area contributed by atoms with Gasteiger partial charge in [-0.2, -0.15) is 0 Å². The fourth-order valence-electron chi connectivity index (χ4n) is 4.19. The minimum atomic E-state index is -0.362. The number of pyridine rings is 2. The van der Waals surface area contributed by atoms with Crippen molar-refractivity contribution in [3.8, 4) is 0 Å². The molecule has 4 aromatic rings. The first-order valence-corrected chi connectivity index (χ1v) is 10.5. The second kappa shape index (κ2) is 7.57. The number of carbonyl (C=O) groups is 1. The first-order chi connectivity index (χ1) is 14.7. The molecule has 0 radical (unpaired) electrons. The van der Waals surface area contributed by atoms with E-state index in [-0.39, 0.29) is 5.97 Å². The third-order valence-corrected chi connectivity index (χ3v) is 5.74. The van der Waals surface area contributed by atoms with Gasteiger partial charge in [-0.1, -0.05) is 12.1 Å². The van der Waals surface area contributed by atoms with E-state index in [0.29, 0.717) is 17.8 Å². The number of esters is 1. The maximum absolute atomic E-state index is 12.7. The van der Waals surface area contributed by atoms with Gasteiger partial charge in [-0.3, -0.25) is 4.40 Å². The van der Waals surface area contributed by atoms with Crippen LogP contribution in [0.5, 0.6) is 0 Å². The van der Waals surface area contributed by atoms with Gasteiger partial charge in [-0.25, -0.2) is 14.8 Å². The Labute approximate surface area is 174 Å².